The van der Waals surface area contributed by atoms with E-state index in [0.717, 1.165) is 45.0 Å². The Balaban J connectivity index is -0.000000209. The summed E-state index contributed by atoms with van der Waals surface area (Å²) >= 11 is 0. The van der Waals surface area contributed by atoms with Gasteiger partial charge in [-0.05, 0) is 26.7 Å². The highest BCUT2D eigenvalue weighted by molar-refractivity contribution is 5.80. The molecule has 0 aromatic rings. The summed E-state index contributed by atoms with van der Waals surface area (Å²) in [5, 5.41) is 16.6. The van der Waals surface area contributed by atoms with Gasteiger partial charge in [-0.25, -0.2) is 4.79 Å². The van der Waals surface area contributed by atoms with Crippen molar-refractivity contribution in [3.05, 3.63) is 12.7 Å². The maximum absolute atomic E-state index is 9.84. The number of esters is 1. The fraction of sp³-hybridized carbons (Fsp3) is 0.786. The minimum Gasteiger partial charge on any atom is -0.466 e. The van der Waals surface area contributed by atoms with Crippen molar-refractivity contribution >= 4 is 5.97 Å². The second kappa shape index (κ2) is 25.8. The van der Waals surface area contributed by atoms with Crippen molar-refractivity contribution in [2.24, 2.45) is 0 Å². The molecule has 0 aliphatic heterocycles. The lowest BCUT2D eigenvalue weighted by atomic mass is 10.2. The summed E-state index contributed by atoms with van der Waals surface area (Å²) < 4.78 is 8.98. The fourth-order valence-electron chi connectivity index (χ4n) is 0.865. The molecule has 2 N–H and O–H groups in total. The van der Waals surface area contributed by atoms with Crippen molar-refractivity contribution in [3.8, 4) is 0 Å². The maximum atomic E-state index is 9.84. The van der Waals surface area contributed by atoms with Crippen molar-refractivity contribution in [2.45, 2.75) is 39.5 Å². The molecule has 0 aromatic carbocycles. The van der Waals surface area contributed by atoms with Gasteiger partial charge in [0.25, 0.3) is 0 Å². The van der Waals surface area contributed by atoms with Gasteiger partial charge in [0, 0.05) is 32.5 Å². The van der Waals surface area contributed by atoms with Crippen molar-refractivity contribution in [1.82, 2.24) is 0 Å². The van der Waals surface area contributed by atoms with Gasteiger partial charge in [0.05, 0.1) is 7.11 Å². The van der Waals surface area contributed by atoms with Gasteiger partial charge in [0.15, 0.2) is 0 Å². The SMILES string of the molecule is C=CC(=O)OC.CCOCC.OCCCCCCO. The Hall–Kier alpha value is -0.910. The van der Waals surface area contributed by atoms with E-state index in [1.807, 2.05) is 13.8 Å². The summed E-state index contributed by atoms with van der Waals surface area (Å²) in [6.45, 7) is 9.39. The first-order valence-corrected chi connectivity index (χ1v) is 6.64. The van der Waals surface area contributed by atoms with E-state index in [-0.39, 0.29) is 13.2 Å². The Kier molecular flexibility index (Phi) is 31.5. The van der Waals surface area contributed by atoms with E-state index in [1.165, 1.54) is 7.11 Å². The van der Waals surface area contributed by atoms with Crippen LogP contribution in [0.5, 0.6) is 0 Å². The van der Waals surface area contributed by atoms with Gasteiger partial charge < -0.3 is 19.7 Å². The summed E-state index contributed by atoms with van der Waals surface area (Å²) in [7, 11) is 1.31. The highest BCUT2D eigenvalue weighted by Gasteiger charge is 1.84. The third kappa shape index (κ3) is 38.2. The largest absolute Gasteiger partial charge is 0.466 e. The first kappa shape index (κ1) is 23.2. The highest BCUT2D eigenvalue weighted by Crippen LogP contribution is 1.96. The quantitative estimate of drug-likeness (QED) is 0.403. The Morgan fingerprint density at radius 1 is 1.05 bits per heavy atom. The lowest BCUT2D eigenvalue weighted by Crippen LogP contribution is -1.91. The molecule has 5 nitrogen and oxygen atoms in total. The van der Waals surface area contributed by atoms with Crippen LogP contribution in [-0.2, 0) is 14.3 Å². The van der Waals surface area contributed by atoms with E-state index >= 15 is 0 Å². The highest BCUT2D eigenvalue weighted by atomic mass is 16.5. The minimum absolute atomic E-state index is 0.283. The second-order valence-corrected chi connectivity index (χ2v) is 3.37. The van der Waals surface area contributed by atoms with Crippen LogP contribution in [0.3, 0.4) is 0 Å². The molecule has 0 aromatic heterocycles. The van der Waals surface area contributed by atoms with Gasteiger partial charge in [0.2, 0.25) is 0 Å². The predicted octanol–water partition coefficient (Wildman–Crippen LogP) is 1.92. The van der Waals surface area contributed by atoms with E-state index in [4.69, 9.17) is 14.9 Å². The summed E-state index contributed by atoms with van der Waals surface area (Å²) in [5.41, 5.74) is 0. The molecule has 0 aliphatic rings. The number of rotatable bonds is 8. The van der Waals surface area contributed by atoms with Crippen LogP contribution in [-0.4, -0.2) is 49.7 Å². The zero-order valence-electron chi connectivity index (χ0n) is 12.6. The van der Waals surface area contributed by atoms with Gasteiger partial charge in [-0.1, -0.05) is 19.4 Å². The van der Waals surface area contributed by atoms with E-state index in [2.05, 4.69) is 11.3 Å². The third-order valence-electron chi connectivity index (χ3n) is 1.84. The minimum atomic E-state index is -0.394. The monoisotopic (exact) mass is 278 g/mol. The Morgan fingerprint density at radius 3 is 1.58 bits per heavy atom. The predicted molar refractivity (Wildman–Crippen MR) is 77.0 cm³/mol. The number of carbonyl (C=O) groups is 1. The third-order valence-corrected chi connectivity index (χ3v) is 1.84. The van der Waals surface area contributed by atoms with Gasteiger partial charge in [-0.3, -0.25) is 0 Å². The average molecular weight is 278 g/mol. The lowest BCUT2D eigenvalue weighted by Gasteiger charge is -1.93. The molecule has 0 spiro atoms. The van der Waals surface area contributed by atoms with E-state index in [9.17, 15) is 4.79 Å². The number of ether oxygens (including phenoxy) is 2. The molecule has 5 heteroatoms. The number of methoxy groups -OCH3 is 1. The average Bonchev–Trinajstić information content (AvgIpc) is 2.45. The van der Waals surface area contributed by atoms with Crippen LogP contribution in [0, 0.1) is 0 Å². The Morgan fingerprint density at radius 2 is 1.47 bits per heavy atom. The molecule has 0 bridgehead atoms. The molecule has 19 heavy (non-hydrogen) atoms. The van der Waals surface area contributed by atoms with Crippen LogP contribution in [0.1, 0.15) is 39.5 Å². The van der Waals surface area contributed by atoms with E-state index in [0.29, 0.717) is 0 Å². The number of unbranched alkanes of at least 4 members (excludes halogenated alkanes) is 3. The Bertz CT molecular complexity index is 163. The fourth-order valence-corrected chi connectivity index (χ4v) is 0.865. The van der Waals surface area contributed by atoms with Crippen molar-refractivity contribution < 1.29 is 24.5 Å². The molecular weight excluding hydrogens is 248 g/mol. The van der Waals surface area contributed by atoms with Crippen LogP contribution < -0.4 is 0 Å². The molecule has 0 unspecified atom stereocenters. The Labute approximate surface area is 117 Å². The molecule has 0 atom stereocenters. The molecule has 116 valence electrons. The van der Waals surface area contributed by atoms with Gasteiger partial charge in [0.1, 0.15) is 0 Å². The molecule has 0 amide bonds. The number of aliphatic hydroxyl groups excluding tert-OH is 2. The van der Waals surface area contributed by atoms with Crippen LogP contribution in [0.15, 0.2) is 12.7 Å². The first-order valence-electron chi connectivity index (χ1n) is 6.64. The van der Waals surface area contributed by atoms with Crippen LogP contribution >= 0.6 is 0 Å². The summed E-state index contributed by atoms with van der Waals surface area (Å²) in [5.74, 6) is -0.394. The number of aliphatic hydroxyl groups is 2. The molecule has 0 saturated carbocycles. The topological polar surface area (TPSA) is 76.0 Å². The van der Waals surface area contributed by atoms with Crippen molar-refractivity contribution in [3.63, 3.8) is 0 Å². The maximum Gasteiger partial charge on any atom is 0.329 e. The standard InChI is InChI=1S/C6H14O2.C4H6O2.C4H10O/c7-5-3-1-2-4-6-8;1-3-4(5)6-2;1-3-5-4-2/h7-8H,1-6H2;3H,1H2,2H3;3-4H2,1-2H3. The molecule has 0 heterocycles. The summed E-state index contributed by atoms with van der Waals surface area (Å²) in [6.07, 6.45) is 4.94. The molecule has 0 aliphatic carbocycles. The van der Waals surface area contributed by atoms with Gasteiger partial charge in [-0.2, -0.15) is 0 Å². The zero-order valence-corrected chi connectivity index (χ0v) is 12.6. The second-order valence-electron chi connectivity index (χ2n) is 3.37. The molecule has 0 rings (SSSR count). The smallest absolute Gasteiger partial charge is 0.329 e. The zero-order chi connectivity index (χ0) is 15.4. The number of hydrogen-bond acceptors (Lipinski definition) is 5. The molecule has 0 fully saturated rings. The summed E-state index contributed by atoms with van der Waals surface area (Å²) in [6, 6.07) is 0. The summed E-state index contributed by atoms with van der Waals surface area (Å²) in [4.78, 5) is 9.84. The molecule has 0 radical (unpaired) electrons. The van der Waals surface area contributed by atoms with Crippen LogP contribution in [0.4, 0.5) is 0 Å². The molecule has 0 saturated heterocycles. The van der Waals surface area contributed by atoms with E-state index < -0.39 is 5.97 Å². The van der Waals surface area contributed by atoms with Crippen molar-refractivity contribution in [1.29, 1.82) is 0 Å². The van der Waals surface area contributed by atoms with E-state index in [1.54, 1.807) is 0 Å². The van der Waals surface area contributed by atoms with Gasteiger partial charge >= 0.3 is 5.97 Å². The van der Waals surface area contributed by atoms with Crippen molar-refractivity contribution in [2.75, 3.05) is 33.5 Å². The number of carbonyl (C=O) groups excluding carboxylic acids is 1. The van der Waals surface area contributed by atoms with Crippen LogP contribution in [0.25, 0.3) is 0 Å². The first-order chi connectivity index (χ1) is 9.14. The normalized spacial score (nSPS) is 8.47. The number of hydrogen-bond donors (Lipinski definition) is 2. The lowest BCUT2D eigenvalue weighted by molar-refractivity contribution is -0.134. The van der Waals surface area contributed by atoms with Gasteiger partial charge in [-0.15, -0.1) is 0 Å². The van der Waals surface area contributed by atoms with Crippen LogP contribution in [0.2, 0.25) is 0 Å². The molecular formula is C14H30O5.